The fourth-order valence-corrected chi connectivity index (χ4v) is 3.61. The summed E-state index contributed by atoms with van der Waals surface area (Å²) in [6.07, 6.45) is 6.07. The van der Waals surface area contributed by atoms with Crippen LogP contribution in [0.1, 0.15) is 55.9 Å². The van der Waals surface area contributed by atoms with Crippen molar-refractivity contribution in [1.82, 2.24) is 20.0 Å². The number of benzene rings is 1. The van der Waals surface area contributed by atoms with Crippen molar-refractivity contribution in [2.45, 2.75) is 45.6 Å². The van der Waals surface area contributed by atoms with Gasteiger partial charge in [-0.05, 0) is 36.8 Å². The first-order valence-corrected chi connectivity index (χ1v) is 10.8. The van der Waals surface area contributed by atoms with Gasteiger partial charge in [0.15, 0.2) is 5.96 Å². The van der Waals surface area contributed by atoms with E-state index in [1.54, 1.807) is 0 Å². The van der Waals surface area contributed by atoms with Gasteiger partial charge in [-0.3, -0.25) is 9.67 Å². The second-order valence-corrected chi connectivity index (χ2v) is 7.99. The molecule has 0 amide bonds. The number of hydrogen-bond donors (Lipinski definition) is 1. The van der Waals surface area contributed by atoms with Crippen LogP contribution in [0.4, 0.5) is 0 Å². The molecule has 1 aromatic heterocycles. The summed E-state index contributed by atoms with van der Waals surface area (Å²) in [7, 11) is 1.94. The van der Waals surface area contributed by atoms with E-state index in [1.807, 2.05) is 24.1 Å². The zero-order valence-electron chi connectivity index (χ0n) is 18.7. The average Bonchev–Trinajstić information content (AvgIpc) is 3.17. The molecule has 0 spiro atoms. The number of rotatable bonds is 7. The molecule has 1 fully saturated rings. The topological polar surface area (TPSA) is 54.7 Å². The maximum Gasteiger partial charge on any atom is 0.194 e. The van der Waals surface area contributed by atoms with Gasteiger partial charge >= 0.3 is 0 Å². The normalized spacial score (nSPS) is 17.2. The van der Waals surface area contributed by atoms with Gasteiger partial charge in [0.1, 0.15) is 6.10 Å². The van der Waals surface area contributed by atoms with Gasteiger partial charge in [0.25, 0.3) is 0 Å². The van der Waals surface area contributed by atoms with E-state index in [0.717, 1.165) is 50.5 Å². The predicted octanol–water partition coefficient (Wildman–Crippen LogP) is 4.13. The van der Waals surface area contributed by atoms with E-state index in [-0.39, 0.29) is 30.1 Å². The zero-order chi connectivity index (χ0) is 20.6. The molecule has 0 radical (unpaired) electrons. The van der Waals surface area contributed by atoms with E-state index in [1.165, 1.54) is 11.1 Å². The molecule has 0 aliphatic carbocycles. The minimum absolute atomic E-state index is 0. The third-order valence-corrected chi connectivity index (χ3v) is 5.33. The third kappa shape index (κ3) is 6.97. The molecule has 1 N–H and O–H groups in total. The third-order valence-electron chi connectivity index (χ3n) is 5.33. The lowest BCUT2D eigenvalue weighted by atomic mass is 10.0. The molecule has 1 aliphatic heterocycles. The molecule has 1 unspecified atom stereocenters. The van der Waals surface area contributed by atoms with Crippen LogP contribution < -0.4 is 5.32 Å². The number of ether oxygens (including phenoxy) is 1. The molecule has 7 heteroatoms. The summed E-state index contributed by atoms with van der Waals surface area (Å²) in [5.74, 6) is 1.57. The summed E-state index contributed by atoms with van der Waals surface area (Å²) in [5.41, 5.74) is 3.91. The highest BCUT2D eigenvalue weighted by molar-refractivity contribution is 14.0. The van der Waals surface area contributed by atoms with Crippen LogP contribution in [-0.4, -0.2) is 53.4 Å². The summed E-state index contributed by atoms with van der Waals surface area (Å²) < 4.78 is 7.79. The number of hydrogen-bond acceptors (Lipinski definition) is 3. The van der Waals surface area contributed by atoms with Crippen LogP contribution in [0, 0.1) is 0 Å². The maximum absolute atomic E-state index is 5.97. The summed E-state index contributed by atoms with van der Waals surface area (Å²) >= 11 is 0. The number of guanidine groups is 1. The molecule has 166 valence electrons. The first kappa shape index (κ1) is 24.7. The van der Waals surface area contributed by atoms with Crippen molar-refractivity contribution in [2.75, 3.05) is 32.8 Å². The summed E-state index contributed by atoms with van der Waals surface area (Å²) in [4.78, 5) is 7.19. The largest absolute Gasteiger partial charge is 0.370 e. The Morgan fingerprint density at radius 3 is 2.70 bits per heavy atom. The molecular formula is C23H36IN5O. The first-order valence-electron chi connectivity index (χ1n) is 10.8. The standard InChI is InChI=1S/C23H35N5O.HI/c1-5-24-23(25-12-6-7-19-8-10-20(11-9-19)18(2)3)28-13-14-29-22(17-28)21-15-26-27(4)16-21;/h8-11,15-16,18,22H,5-7,12-14,17H2,1-4H3,(H,24,25);1H. The van der Waals surface area contributed by atoms with Crippen molar-refractivity contribution < 1.29 is 4.74 Å². The first-order chi connectivity index (χ1) is 14.1. The van der Waals surface area contributed by atoms with Crippen molar-refractivity contribution in [1.29, 1.82) is 0 Å². The van der Waals surface area contributed by atoms with Crippen LogP contribution in [0.25, 0.3) is 0 Å². The van der Waals surface area contributed by atoms with Gasteiger partial charge in [-0.25, -0.2) is 0 Å². The maximum atomic E-state index is 5.97. The van der Waals surface area contributed by atoms with Crippen LogP contribution >= 0.6 is 24.0 Å². The number of aromatic nitrogens is 2. The number of aryl methyl sites for hydroxylation is 2. The van der Waals surface area contributed by atoms with Crippen molar-refractivity contribution in [3.8, 4) is 0 Å². The fraction of sp³-hybridized carbons (Fsp3) is 0.565. The fourth-order valence-electron chi connectivity index (χ4n) is 3.61. The van der Waals surface area contributed by atoms with Gasteiger partial charge in [0.05, 0.1) is 19.3 Å². The molecule has 1 aliphatic rings. The van der Waals surface area contributed by atoms with E-state index in [0.29, 0.717) is 12.5 Å². The van der Waals surface area contributed by atoms with Crippen LogP contribution in [-0.2, 0) is 18.2 Å². The Bertz CT molecular complexity index is 787. The van der Waals surface area contributed by atoms with E-state index in [9.17, 15) is 0 Å². The van der Waals surface area contributed by atoms with Crippen molar-refractivity contribution in [3.63, 3.8) is 0 Å². The van der Waals surface area contributed by atoms with Gasteiger partial charge in [-0.15, -0.1) is 24.0 Å². The monoisotopic (exact) mass is 525 g/mol. The highest BCUT2D eigenvalue weighted by Crippen LogP contribution is 2.21. The molecule has 1 atom stereocenters. The van der Waals surface area contributed by atoms with Crippen LogP contribution in [0.5, 0.6) is 0 Å². The lowest BCUT2D eigenvalue weighted by Gasteiger charge is -2.34. The Balaban J connectivity index is 0.00000320. The zero-order valence-corrected chi connectivity index (χ0v) is 21.0. The molecule has 0 saturated carbocycles. The molecular weight excluding hydrogens is 489 g/mol. The number of aliphatic imine (C=N–C) groups is 1. The van der Waals surface area contributed by atoms with E-state index in [2.05, 4.69) is 60.4 Å². The van der Waals surface area contributed by atoms with E-state index >= 15 is 0 Å². The van der Waals surface area contributed by atoms with Gasteiger partial charge in [-0.1, -0.05) is 38.1 Å². The Morgan fingerprint density at radius 2 is 2.07 bits per heavy atom. The minimum atomic E-state index is 0. The van der Waals surface area contributed by atoms with Gasteiger partial charge in [0.2, 0.25) is 0 Å². The highest BCUT2D eigenvalue weighted by atomic mass is 127. The molecule has 2 aromatic rings. The Morgan fingerprint density at radius 1 is 1.30 bits per heavy atom. The highest BCUT2D eigenvalue weighted by Gasteiger charge is 2.25. The molecule has 30 heavy (non-hydrogen) atoms. The van der Waals surface area contributed by atoms with Crippen LogP contribution in [0.2, 0.25) is 0 Å². The molecule has 1 saturated heterocycles. The quantitative estimate of drug-likeness (QED) is 0.256. The van der Waals surface area contributed by atoms with Crippen LogP contribution in [0.15, 0.2) is 41.7 Å². The van der Waals surface area contributed by atoms with Crippen molar-refractivity contribution in [3.05, 3.63) is 53.3 Å². The van der Waals surface area contributed by atoms with Gasteiger partial charge in [-0.2, -0.15) is 5.10 Å². The van der Waals surface area contributed by atoms with Crippen LogP contribution in [0.3, 0.4) is 0 Å². The molecule has 0 bridgehead atoms. The Hall–Kier alpha value is -1.61. The van der Waals surface area contributed by atoms with Gasteiger partial charge < -0.3 is 15.0 Å². The molecule has 2 heterocycles. The number of morpholine rings is 1. The minimum Gasteiger partial charge on any atom is -0.370 e. The van der Waals surface area contributed by atoms with E-state index in [4.69, 9.17) is 9.73 Å². The smallest absolute Gasteiger partial charge is 0.194 e. The summed E-state index contributed by atoms with van der Waals surface area (Å²) in [6.45, 7) is 10.6. The lowest BCUT2D eigenvalue weighted by Crippen LogP contribution is -2.48. The predicted molar refractivity (Wildman–Crippen MR) is 134 cm³/mol. The number of nitrogens with zero attached hydrogens (tertiary/aromatic N) is 4. The molecule has 1 aromatic carbocycles. The molecule has 6 nitrogen and oxygen atoms in total. The lowest BCUT2D eigenvalue weighted by molar-refractivity contribution is -0.00804. The Kier molecular flexibility index (Phi) is 10.1. The average molecular weight is 525 g/mol. The van der Waals surface area contributed by atoms with Crippen molar-refractivity contribution in [2.24, 2.45) is 12.0 Å². The van der Waals surface area contributed by atoms with Crippen molar-refractivity contribution >= 4 is 29.9 Å². The van der Waals surface area contributed by atoms with E-state index < -0.39 is 0 Å². The van der Waals surface area contributed by atoms with Gasteiger partial charge in [0, 0.05) is 38.4 Å². The second kappa shape index (κ2) is 12.3. The summed E-state index contributed by atoms with van der Waals surface area (Å²) in [5, 5.41) is 7.72. The second-order valence-electron chi connectivity index (χ2n) is 7.99. The number of halogens is 1. The number of nitrogens with one attached hydrogen (secondary N) is 1. The molecule has 3 rings (SSSR count). The summed E-state index contributed by atoms with van der Waals surface area (Å²) in [6, 6.07) is 9.01. The Labute approximate surface area is 198 Å². The SMILES string of the molecule is CCNC(=NCCCc1ccc(C(C)C)cc1)N1CCOC(c2cnn(C)c2)C1.I.